The molecule has 0 saturated carbocycles. The number of ketones is 2. The van der Waals surface area contributed by atoms with Crippen LogP contribution in [0.15, 0.2) is 84.3 Å². The van der Waals surface area contributed by atoms with Gasteiger partial charge in [-0.05, 0) is 13.8 Å². The number of rotatable bonds is 4. The number of carbonyl (C=O) groups is 2. The molecule has 2 aromatic rings. The smallest absolute Gasteiger partial charge is 0.189 e. The summed E-state index contributed by atoms with van der Waals surface area (Å²) in [7, 11) is 0. The molecule has 0 unspecified atom stereocenters. The van der Waals surface area contributed by atoms with Crippen LogP contribution in [0, 0.1) is 0 Å². The van der Waals surface area contributed by atoms with E-state index in [1.807, 2.05) is 12.1 Å². The first kappa shape index (κ1) is 22.4. The minimum atomic E-state index is -0.171. The first-order chi connectivity index (χ1) is 11.4. The molecule has 2 N–H and O–H groups in total. The molecule has 0 bridgehead atoms. The maximum Gasteiger partial charge on any atom is 0.189 e. The van der Waals surface area contributed by atoms with Crippen molar-refractivity contribution in [3.63, 3.8) is 0 Å². The second-order valence-electron chi connectivity index (χ2n) is 5.03. The predicted octanol–water partition coefficient (Wildman–Crippen LogP) is 4.66. The van der Waals surface area contributed by atoms with Gasteiger partial charge in [0.1, 0.15) is 0 Å². The van der Waals surface area contributed by atoms with E-state index >= 15 is 0 Å². The van der Waals surface area contributed by atoms with Crippen molar-refractivity contribution < 1.29 is 36.6 Å². The van der Waals surface area contributed by atoms with Gasteiger partial charge in [0, 0.05) is 40.1 Å². The predicted molar refractivity (Wildman–Crippen MR) is 94.3 cm³/mol. The van der Waals surface area contributed by atoms with Crippen LogP contribution in [-0.4, -0.2) is 21.8 Å². The van der Waals surface area contributed by atoms with Crippen LogP contribution in [0.4, 0.5) is 0 Å². The average Bonchev–Trinajstić information content (AvgIpc) is 2.56. The van der Waals surface area contributed by atoms with Crippen molar-refractivity contribution in [1.82, 2.24) is 0 Å². The molecule has 0 fully saturated rings. The summed E-state index contributed by atoms with van der Waals surface area (Å²) < 4.78 is 0. The summed E-state index contributed by atoms with van der Waals surface area (Å²) in [5.41, 5.74) is 1.18. The van der Waals surface area contributed by atoms with E-state index in [4.69, 9.17) is 10.2 Å². The van der Waals surface area contributed by atoms with Crippen molar-refractivity contribution in [3.05, 3.63) is 95.5 Å². The molecule has 0 aromatic heterocycles. The van der Waals surface area contributed by atoms with E-state index < -0.39 is 0 Å². The zero-order valence-electron chi connectivity index (χ0n) is 14.0. The molecule has 0 heterocycles. The van der Waals surface area contributed by atoms with E-state index in [0.29, 0.717) is 11.1 Å². The van der Waals surface area contributed by atoms with E-state index in [1.165, 1.54) is 26.0 Å². The van der Waals surface area contributed by atoms with Crippen LogP contribution in [0.25, 0.3) is 0 Å². The third kappa shape index (κ3) is 9.29. The van der Waals surface area contributed by atoms with Gasteiger partial charge in [-0.15, -0.1) is 0 Å². The van der Waals surface area contributed by atoms with Gasteiger partial charge in [-0.3, -0.25) is 9.59 Å². The second kappa shape index (κ2) is 11.8. The molecule has 0 saturated heterocycles. The minimum absolute atomic E-state index is 0. The Hall–Kier alpha value is -2.63. The molecular formula is C20H20CoO4. The summed E-state index contributed by atoms with van der Waals surface area (Å²) in [5.74, 6) is -0.279. The summed E-state index contributed by atoms with van der Waals surface area (Å²) in [6.07, 6.45) is 2.41. The number of aliphatic hydroxyl groups is 2. The van der Waals surface area contributed by atoms with Gasteiger partial charge in [-0.1, -0.05) is 60.7 Å². The molecule has 0 amide bonds. The SMILES string of the molecule is CC(O)=CC(=O)c1ccccc1.CC(O)=CC(=O)c1ccccc1.[Co]. The summed E-state index contributed by atoms with van der Waals surface area (Å²) in [6.45, 7) is 2.95. The molecule has 5 heteroatoms. The first-order valence-electron chi connectivity index (χ1n) is 7.33. The number of aliphatic hydroxyl groups excluding tert-OH is 2. The standard InChI is InChI=1S/2C10H10O2.Co/c2*1-8(11)7-10(12)9-5-3-2-4-6-9;/h2*2-7,11H,1H3;. The average molecular weight is 383 g/mol. The summed E-state index contributed by atoms with van der Waals surface area (Å²) in [4.78, 5) is 22.4. The van der Waals surface area contributed by atoms with Crippen molar-refractivity contribution in [1.29, 1.82) is 0 Å². The van der Waals surface area contributed by atoms with Crippen molar-refractivity contribution in [2.45, 2.75) is 13.8 Å². The van der Waals surface area contributed by atoms with Gasteiger partial charge in [0.15, 0.2) is 11.6 Å². The van der Waals surface area contributed by atoms with Crippen LogP contribution in [0.5, 0.6) is 0 Å². The van der Waals surface area contributed by atoms with Crippen molar-refractivity contribution in [2.75, 3.05) is 0 Å². The Morgan fingerprint density at radius 3 is 1.20 bits per heavy atom. The maximum atomic E-state index is 11.2. The van der Waals surface area contributed by atoms with Gasteiger partial charge in [-0.2, -0.15) is 0 Å². The Bertz CT molecular complexity index is 661. The molecule has 1 radical (unpaired) electrons. The quantitative estimate of drug-likeness (QED) is 0.458. The molecule has 2 rings (SSSR count). The number of hydrogen-bond donors (Lipinski definition) is 2. The van der Waals surface area contributed by atoms with Crippen LogP contribution in [0.3, 0.4) is 0 Å². The van der Waals surface area contributed by atoms with Gasteiger partial charge < -0.3 is 10.2 Å². The number of carbonyl (C=O) groups excluding carboxylic acids is 2. The molecule has 2 aromatic carbocycles. The fraction of sp³-hybridized carbons (Fsp3) is 0.100. The summed E-state index contributed by atoms with van der Waals surface area (Å²) in [6, 6.07) is 17.7. The van der Waals surface area contributed by atoms with E-state index in [-0.39, 0.29) is 39.9 Å². The molecular weight excluding hydrogens is 363 g/mol. The van der Waals surface area contributed by atoms with Gasteiger partial charge >= 0.3 is 0 Å². The van der Waals surface area contributed by atoms with Crippen molar-refractivity contribution in [3.8, 4) is 0 Å². The topological polar surface area (TPSA) is 74.6 Å². The normalized spacial score (nSPS) is 10.8. The van der Waals surface area contributed by atoms with Crippen LogP contribution in [0.1, 0.15) is 34.6 Å². The van der Waals surface area contributed by atoms with Gasteiger partial charge in [0.2, 0.25) is 0 Å². The fourth-order valence-electron chi connectivity index (χ4n) is 1.75. The third-order valence-electron chi connectivity index (χ3n) is 2.80. The molecule has 0 atom stereocenters. The van der Waals surface area contributed by atoms with Crippen LogP contribution < -0.4 is 0 Å². The zero-order chi connectivity index (χ0) is 17.9. The number of allylic oxidation sites excluding steroid dienone is 4. The summed E-state index contributed by atoms with van der Waals surface area (Å²) >= 11 is 0. The van der Waals surface area contributed by atoms with Crippen LogP contribution in [0.2, 0.25) is 0 Å². The third-order valence-corrected chi connectivity index (χ3v) is 2.80. The molecule has 133 valence electrons. The largest absolute Gasteiger partial charge is 0.512 e. The second-order valence-corrected chi connectivity index (χ2v) is 5.03. The number of hydrogen-bond acceptors (Lipinski definition) is 4. The Morgan fingerprint density at radius 2 is 0.960 bits per heavy atom. The Labute approximate surface area is 157 Å². The Balaban J connectivity index is 0.000000443. The van der Waals surface area contributed by atoms with E-state index in [0.717, 1.165) is 0 Å². The molecule has 0 spiro atoms. The van der Waals surface area contributed by atoms with Crippen LogP contribution >= 0.6 is 0 Å². The molecule has 0 aliphatic rings. The van der Waals surface area contributed by atoms with Crippen molar-refractivity contribution >= 4 is 11.6 Å². The molecule has 0 aliphatic heterocycles. The molecule has 25 heavy (non-hydrogen) atoms. The fourth-order valence-corrected chi connectivity index (χ4v) is 1.75. The zero-order valence-corrected chi connectivity index (χ0v) is 15.0. The minimum Gasteiger partial charge on any atom is -0.512 e. The van der Waals surface area contributed by atoms with E-state index in [9.17, 15) is 9.59 Å². The van der Waals surface area contributed by atoms with Gasteiger partial charge in [0.25, 0.3) is 0 Å². The summed E-state index contributed by atoms with van der Waals surface area (Å²) in [5, 5.41) is 17.6. The van der Waals surface area contributed by atoms with Crippen molar-refractivity contribution in [2.24, 2.45) is 0 Å². The Morgan fingerprint density at radius 1 is 0.680 bits per heavy atom. The van der Waals surface area contributed by atoms with E-state index in [1.54, 1.807) is 48.5 Å². The van der Waals surface area contributed by atoms with Gasteiger partial charge in [-0.25, -0.2) is 0 Å². The Kier molecular flexibility index (Phi) is 10.6. The number of benzene rings is 2. The first-order valence-corrected chi connectivity index (χ1v) is 7.33. The molecule has 0 aliphatic carbocycles. The van der Waals surface area contributed by atoms with Gasteiger partial charge in [0.05, 0.1) is 11.5 Å². The molecule has 4 nitrogen and oxygen atoms in total. The van der Waals surface area contributed by atoms with E-state index in [2.05, 4.69) is 0 Å². The maximum absolute atomic E-state index is 11.2. The monoisotopic (exact) mass is 383 g/mol. The van der Waals surface area contributed by atoms with Crippen LogP contribution in [-0.2, 0) is 16.8 Å².